The van der Waals surface area contributed by atoms with E-state index in [9.17, 15) is 14.8 Å². The van der Waals surface area contributed by atoms with E-state index in [1.807, 2.05) is 30.3 Å². The average Bonchev–Trinajstić information content (AvgIpc) is 2.90. The van der Waals surface area contributed by atoms with E-state index in [0.717, 1.165) is 5.56 Å². The Hall–Kier alpha value is -4.59. The van der Waals surface area contributed by atoms with Gasteiger partial charge in [0.1, 0.15) is 23.3 Å². The molecule has 8 nitrogen and oxygen atoms in total. The van der Waals surface area contributed by atoms with Gasteiger partial charge in [-0.3, -0.25) is 9.59 Å². The summed E-state index contributed by atoms with van der Waals surface area (Å²) in [5, 5.41) is 18.8. The highest BCUT2D eigenvalue weighted by Gasteiger charge is 2.28. The van der Waals surface area contributed by atoms with Gasteiger partial charge in [-0.25, -0.2) is 0 Å². The van der Waals surface area contributed by atoms with Crippen LogP contribution in [0.15, 0.2) is 89.7 Å². The zero-order valence-electron chi connectivity index (χ0n) is 19.3. The molecule has 0 unspecified atom stereocenters. The average molecular weight is 472 g/mol. The van der Waals surface area contributed by atoms with Crippen LogP contribution in [-0.2, 0) is 11.2 Å². The van der Waals surface area contributed by atoms with Crippen molar-refractivity contribution >= 4 is 23.1 Å². The number of hydrogen-bond acceptors (Lipinski definition) is 7. The summed E-state index contributed by atoms with van der Waals surface area (Å²) in [6.07, 6.45) is 1.76. The van der Waals surface area contributed by atoms with Gasteiger partial charge in [-0.2, -0.15) is 0 Å². The van der Waals surface area contributed by atoms with E-state index >= 15 is 0 Å². The van der Waals surface area contributed by atoms with Crippen molar-refractivity contribution in [1.29, 1.82) is 0 Å². The fourth-order valence-electron chi connectivity index (χ4n) is 3.88. The lowest BCUT2D eigenvalue weighted by Crippen LogP contribution is -2.44. The maximum atomic E-state index is 13.4. The van der Waals surface area contributed by atoms with E-state index in [4.69, 9.17) is 9.47 Å². The first-order chi connectivity index (χ1) is 17.0. The molecule has 1 aliphatic carbocycles. The molecule has 4 rings (SSSR count). The van der Waals surface area contributed by atoms with Gasteiger partial charge in [0, 0.05) is 41.4 Å². The molecule has 0 saturated heterocycles. The first-order valence-corrected chi connectivity index (χ1v) is 10.9. The van der Waals surface area contributed by atoms with Crippen molar-refractivity contribution in [2.45, 2.75) is 12.5 Å². The molecule has 3 aromatic carbocycles. The number of allylic oxidation sites excluding steroid dienone is 2. The molecule has 8 heteroatoms. The predicted octanol–water partition coefficient (Wildman–Crippen LogP) is 3.80. The van der Waals surface area contributed by atoms with Crippen molar-refractivity contribution in [2.24, 2.45) is 5.16 Å². The topological polar surface area (TPSA) is 109 Å². The smallest absolute Gasteiger partial charge is 0.247 e. The van der Waals surface area contributed by atoms with Crippen LogP contribution in [-0.4, -0.2) is 42.9 Å². The summed E-state index contributed by atoms with van der Waals surface area (Å²) in [6.45, 7) is 0. The Morgan fingerprint density at radius 3 is 2.20 bits per heavy atom. The van der Waals surface area contributed by atoms with Crippen LogP contribution in [0.3, 0.4) is 0 Å². The molecule has 0 spiro atoms. The third-order valence-electron chi connectivity index (χ3n) is 5.63. The van der Waals surface area contributed by atoms with Gasteiger partial charge in [0.2, 0.25) is 11.7 Å². The Bertz CT molecular complexity index is 1280. The molecular weight excluding hydrogens is 446 g/mol. The molecular formula is C27H25N3O5. The normalized spacial score (nSPS) is 14.5. The fraction of sp³-hybridized carbons (Fsp3) is 0.148. The molecule has 178 valence electrons. The van der Waals surface area contributed by atoms with Crippen LogP contribution < -0.4 is 20.1 Å². The maximum Gasteiger partial charge on any atom is 0.247 e. The van der Waals surface area contributed by atoms with E-state index in [1.165, 1.54) is 20.3 Å². The van der Waals surface area contributed by atoms with Crippen LogP contribution in [0.4, 0.5) is 5.69 Å². The van der Waals surface area contributed by atoms with Gasteiger partial charge in [-0.15, -0.1) is 0 Å². The molecule has 1 amide bonds. The summed E-state index contributed by atoms with van der Waals surface area (Å²) >= 11 is 0. The zero-order valence-corrected chi connectivity index (χ0v) is 19.3. The number of hydrogen-bond donors (Lipinski definition) is 3. The molecule has 35 heavy (non-hydrogen) atoms. The van der Waals surface area contributed by atoms with Crippen molar-refractivity contribution < 1.29 is 24.3 Å². The van der Waals surface area contributed by atoms with Gasteiger partial charge in [-0.1, -0.05) is 59.8 Å². The summed E-state index contributed by atoms with van der Waals surface area (Å²) in [4.78, 5) is 26.6. The third kappa shape index (κ3) is 5.33. The lowest BCUT2D eigenvalue weighted by Gasteiger charge is -2.24. The number of Topliss-reactive ketones (excluding diaryl/α,β-unsaturated/α-hetero) is 1. The standard InChI is InChI=1S/C27H25N3O5/c1-34-19-13-18(14-20(15-19)35-2)28-27(32)25(12-17-8-4-3-5-9-17)29-24-16-23(30-33)21-10-6-7-11-22(21)26(24)31/h3-11,13-16,25,29,33H,12H2,1-2H3,(H,28,32)/b30-23-/t25-/m1/s1. The number of methoxy groups -OCH3 is 2. The quantitative estimate of drug-likeness (QED) is 0.341. The largest absolute Gasteiger partial charge is 0.497 e. The van der Waals surface area contributed by atoms with Gasteiger partial charge >= 0.3 is 0 Å². The van der Waals surface area contributed by atoms with Crippen molar-refractivity contribution in [2.75, 3.05) is 19.5 Å². The number of carbonyl (C=O) groups is 2. The van der Waals surface area contributed by atoms with Crippen LogP contribution in [0.5, 0.6) is 11.5 Å². The molecule has 1 atom stereocenters. The highest BCUT2D eigenvalue weighted by molar-refractivity contribution is 6.26. The van der Waals surface area contributed by atoms with Gasteiger partial charge in [-0.05, 0) is 11.6 Å². The third-order valence-corrected chi connectivity index (χ3v) is 5.63. The number of ether oxygens (including phenoxy) is 2. The van der Waals surface area contributed by atoms with E-state index in [2.05, 4.69) is 15.8 Å². The molecule has 0 fully saturated rings. The number of carbonyl (C=O) groups excluding carboxylic acids is 2. The number of nitrogens with zero attached hydrogens (tertiary/aromatic N) is 1. The van der Waals surface area contributed by atoms with Crippen molar-refractivity contribution in [1.82, 2.24) is 5.32 Å². The van der Waals surface area contributed by atoms with Crippen molar-refractivity contribution in [3.8, 4) is 11.5 Å². The number of amides is 1. The minimum Gasteiger partial charge on any atom is -0.497 e. The lowest BCUT2D eigenvalue weighted by molar-refractivity contribution is -0.117. The second kappa shape index (κ2) is 10.6. The summed E-state index contributed by atoms with van der Waals surface area (Å²) < 4.78 is 10.6. The first kappa shape index (κ1) is 23.6. The van der Waals surface area contributed by atoms with Crippen LogP contribution in [0.2, 0.25) is 0 Å². The van der Waals surface area contributed by atoms with Gasteiger partial charge < -0.3 is 25.3 Å². The Labute approximate surface area is 202 Å². The number of ketones is 1. The summed E-state index contributed by atoms with van der Waals surface area (Å²) in [6, 6.07) is 20.6. The second-order valence-electron chi connectivity index (χ2n) is 7.90. The number of anilines is 1. The second-order valence-corrected chi connectivity index (χ2v) is 7.90. The number of nitrogens with one attached hydrogen (secondary N) is 2. The Kier molecular flexibility index (Phi) is 7.11. The fourth-order valence-corrected chi connectivity index (χ4v) is 3.88. The van der Waals surface area contributed by atoms with Crippen LogP contribution >= 0.6 is 0 Å². The van der Waals surface area contributed by atoms with Crippen LogP contribution in [0, 0.1) is 0 Å². The summed E-state index contributed by atoms with van der Waals surface area (Å²) in [5.41, 5.74) is 2.70. The molecule has 0 saturated carbocycles. The number of oxime groups is 1. The predicted molar refractivity (Wildman–Crippen MR) is 132 cm³/mol. The van der Waals surface area contributed by atoms with Crippen LogP contribution in [0.1, 0.15) is 21.5 Å². The lowest BCUT2D eigenvalue weighted by atomic mass is 9.91. The van der Waals surface area contributed by atoms with Crippen molar-refractivity contribution in [3.63, 3.8) is 0 Å². The highest BCUT2D eigenvalue weighted by Crippen LogP contribution is 2.26. The Morgan fingerprint density at radius 2 is 1.57 bits per heavy atom. The van der Waals surface area contributed by atoms with E-state index < -0.39 is 6.04 Å². The molecule has 0 radical (unpaired) electrons. The SMILES string of the molecule is COc1cc(NC(=O)[C@@H](Cc2ccccc2)NC2=C/C(=N/O)c3ccccc3C2=O)cc(OC)c1. The van der Waals surface area contributed by atoms with Crippen molar-refractivity contribution in [3.05, 3.63) is 101 Å². The van der Waals surface area contributed by atoms with E-state index in [1.54, 1.807) is 42.5 Å². The van der Waals surface area contributed by atoms with Gasteiger partial charge in [0.05, 0.1) is 19.9 Å². The first-order valence-electron chi connectivity index (χ1n) is 10.9. The van der Waals surface area contributed by atoms with Gasteiger partial charge in [0.25, 0.3) is 0 Å². The minimum atomic E-state index is -0.810. The molecule has 0 aromatic heterocycles. The molecule has 3 N–H and O–H groups in total. The number of fused-ring (bicyclic) bond motifs is 1. The molecule has 3 aromatic rings. The highest BCUT2D eigenvalue weighted by atomic mass is 16.5. The van der Waals surface area contributed by atoms with E-state index in [0.29, 0.717) is 34.7 Å². The molecule has 0 aliphatic heterocycles. The number of benzene rings is 3. The molecule has 1 aliphatic rings. The molecule has 0 heterocycles. The Balaban J connectivity index is 1.64. The number of rotatable bonds is 8. The summed E-state index contributed by atoms with van der Waals surface area (Å²) in [7, 11) is 3.05. The van der Waals surface area contributed by atoms with E-state index in [-0.39, 0.29) is 23.1 Å². The minimum absolute atomic E-state index is 0.163. The monoisotopic (exact) mass is 471 g/mol. The Morgan fingerprint density at radius 1 is 0.943 bits per heavy atom. The molecule has 0 bridgehead atoms. The zero-order chi connectivity index (χ0) is 24.8. The van der Waals surface area contributed by atoms with Gasteiger partial charge in [0.15, 0.2) is 0 Å². The maximum absolute atomic E-state index is 13.4. The van der Waals surface area contributed by atoms with Crippen LogP contribution in [0.25, 0.3) is 0 Å². The summed E-state index contributed by atoms with van der Waals surface area (Å²) in [5.74, 6) is 0.400.